The molecule has 132 valence electrons. The van der Waals surface area contributed by atoms with Crippen LogP contribution >= 0.6 is 0 Å². The largest absolute Gasteiger partial charge is 0.496 e. The van der Waals surface area contributed by atoms with Crippen LogP contribution in [0.4, 0.5) is 0 Å². The Labute approximate surface area is 143 Å². The van der Waals surface area contributed by atoms with E-state index < -0.39 is 0 Å². The van der Waals surface area contributed by atoms with Crippen LogP contribution in [0.5, 0.6) is 5.75 Å². The Kier molecular flexibility index (Phi) is 7.28. The molecule has 0 bridgehead atoms. The van der Waals surface area contributed by atoms with E-state index in [9.17, 15) is 4.79 Å². The van der Waals surface area contributed by atoms with Gasteiger partial charge in [0.05, 0.1) is 33.0 Å². The van der Waals surface area contributed by atoms with Crippen molar-refractivity contribution in [2.75, 3.05) is 26.9 Å². The number of hydrogen-bond acceptors (Lipinski definition) is 5. The van der Waals surface area contributed by atoms with E-state index in [1.807, 2.05) is 44.2 Å². The number of methoxy groups -OCH3 is 1. The molecule has 1 fully saturated rings. The number of epoxide rings is 1. The van der Waals surface area contributed by atoms with Crippen LogP contribution in [0.25, 0.3) is 6.08 Å². The van der Waals surface area contributed by atoms with E-state index in [-0.39, 0.29) is 18.2 Å². The van der Waals surface area contributed by atoms with Gasteiger partial charge in [0, 0.05) is 12.0 Å². The molecule has 0 aliphatic carbocycles. The minimum absolute atomic E-state index is 0.0611. The van der Waals surface area contributed by atoms with Crippen molar-refractivity contribution in [2.24, 2.45) is 0 Å². The highest BCUT2D eigenvalue weighted by Gasteiger charge is 2.24. The third-order valence-electron chi connectivity index (χ3n) is 3.80. The molecule has 0 spiro atoms. The van der Waals surface area contributed by atoms with E-state index in [2.05, 4.69) is 0 Å². The molecule has 24 heavy (non-hydrogen) atoms. The zero-order valence-corrected chi connectivity index (χ0v) is 14.6. The zero-order valence-electron chi connectivity index (χ0n) is 14.6. The molecule has 0 amide bonds. The minimum Gasteiger partial charge on any atom is -0.496 e. The molecule has 0 N–H and O–H groups in total. The summed E-state index contributed by atoms with van der Waals surface area (Å²) in [6.07, 6.45) is 5.13. The Morgan fingerprint density at radius 2 is 2.25 bits per heavy atom. The van der Waals surface area contributed by atoms with Crippen LogP contribution in [-0.2, 0) is 19.0 Å². The van der Waals surface area contributed by atoms with Gasteiger partial charge in [-0.05, 0) is 31.9 Å². The van der Waals surface area contributed by atoms with Gasteiger partial charge in [-0.15, -0.1) is 0 Å². The van der Waals surface area contributed by atoms with E-state index in [0.29, 0.717) is 26.1 Å². The lowest BCUT2D eigenvalue weighted by atomic mass is 10.0. The van der Waals surface area contributed by atoms with Crippen LogP contribution in [0.2, 0.25) is 0 Å². The summed E-state index contributed by atoms with van der Waals surface area (Å²) in [7, 11) is 1.65. The highest BCUT2D eigenvalue weighted by molar-refractivity contribution is 5.70. The van der Waals surface area contributed by atoms with Gasteiger partial charge in [-0.3, -0.25) is 4.79 Å². The summed E-state index contributed by atoms with van der Waals surface area (Å²) in [5, 5.41) is 0. The quantitative estimate of drug-likeness (QED) is 0.484. The number of hydrogen-bond donors (Lipinski definition) is 0. The van der Waals surface area contributed by atoms with Crippen molar-refractivity contribution in [2.45, 2.75) is 38.9 Å². The van der Waals surface area contributed by atoms with E-state index in [1.165, 1.54) is 0 Å². The van der Waals surface area contributed by atoms with E-state index in [1.54, 1.807) is 7.11 Å². The van der Waals surface area contributed by atoms with Crippen molar-refractivity contribution in [1.82, 2.24) is 0 Å². The first-order valence-electron chi connectivity index (χ1n) is 8.38. The molecular formula is C19H26O5. The number of esters is 1. The monoisotopic (exact) mass is 334 g/mol. The standard InChI is InChI=1S/C19H26O5/c1-4-22-19(20)11-6-5-8-17-16(9-7-10-18(17)21-3)14(2)23-12-15-13-24-15/h5,7-10,14-15H,4,6,11-13H2,1-3H3/t14-,15+/m1/s1. The van der Waals surface area contributed by atoms with E-state index in [4.69, 9.17) is 18.9 Å². The Balaban J connectivity index is 2.03. The molecule has 2 rings (SSSR count). The van der Waals surface area contributed by atoms with Crippen molar-refractivity contribution < 1.29 is 23.7 Å². The van der Waals surface area contributed by atoms with Gasteiger partial charge in [-0.1, -0.05) is 24.3 Å². The van der Waals surface area contributed by atoms with Gasteiger partial charge in [0.25, 0.3) is 0 Å². The summed E-state index contributed by atoms with van der Waals surface area (Å²) in [5.41, 5.74) is 2.04. The summed E-state index contributed by atoms with van der Waals surface area (Å²) in [6.45, 7) is 5.63. The molecule has 1 aromatic carbocycles. The summed E-state index contributed by atoms with van der Waals surface area (Å²) >= 11 is 0. The van der Waals surface area contributed by atoms with Crippen LogP contribution in [0.1, 0.15) is 43.9 Å². The van der Waals surface area contributed by atoms with Crippen LogP contribution in [0.3, 0.4) is 0 Å². The molecule has 1 aromatic rings. The number of carbonyl (C=O) groups excluding carboxylic acids is 1. The van der Waals surface area contributed by atoms with E-state index in [0.717, 1.165) is 23.5 Å². The van der Waals surface area contributed by atoms with Gasteiger partial charge in [-0.25, -0.2) is 0 Å². The fourth-order valence-electron chi connectivity index (χ4n) is 2.41. The Morgan fingerprint density at radius 1 is 1.46 bits per heavy atom. The first-order valence-corrected chi connectivity index (χ1v) is 8.38. The van der Waals surface area contributed by atoms with Crippen LogP contribution < -0.4 is 4.74 Å². The maximum Gasteiger partial charge on any atom is 0.306 e. The molecule has 0 aromatic heterocycles. The maximum atomic E-state index is 11.4. The van der Waals surface area contributed by atoms with Crippen molar-refractivity contribution in [3.8, 4) is 5.75 Å². The highest BCUT2D eigenvalue weighted by atomic mass is 16.6. The normalized spacial score (nSPS) is 17.7. The molecule has 1 aliphatic rings. The molecule has 5 heteroatoms. The summed E-state index contributed by atoms with van der Waals surface area (Å²) < 4.78 is 21.5. The van der Waals surface area contributed by atoms with E-state index >= 15 is 0 Å². The molecular weight excluding hydrogens is 308 g/mol. The lowest BCUT2D eigenvalue weighted by molar-refractivity contribution is -0.142. The first-order chi connectivity index (χ1) is 11.7. The topological polar surface area (TPSA) is 57.3 Å². The third kappa shape index (κ3) is 5.65. The lowest BCUT2D eigenvalue weighted by Gasteiger charge is -2.17. The minimum atomic E-state index is -0.177. The van der Waals surface area contributed by atoms with Gasteiger partial charge in [-0.2, -0.15) is 0 Å². The maximum absolute atomic E-state index is 11.4. The third-order valence-corrected chi connectivity index (χ3v) is 3.80. The second kappa shape index (κ2) is 9.45. The summed E-state index contributed by atoms with van der Waals surface area (Å²) in [5.74, 6) is 0.613. The Morgan fingerprint density at radius 3 is 2.92 bits per heavy atom. The molecule has 1 aliphatic heterocycles. The molecule has 1 heterocycles. The fourth-order valence-corrected chi connectivity index (χ4v) is 2.41. The fraction of sp³-hybridized carbons (Fsp3) is 0.526. The van der Waals surface area contributed by atoms with Gasteiger partial charge in [0.15, 0.2) is 0 Å². The molecule has 2 atom stereocenters. The van der Waals surface area contributed by atoms with Crippen molar-refractivity contribution in [3.63, 3.8) is 0 Å². The average Bonchev–Trinajstić information content (AvgIpc) is 3.41. The van der Waals surface area contributed by atoms with Crippen LogP contribution in [0.15, 0.2) is 24.3 Å². The van der Waals surface area contributed by atoms with Crippen LogP contribution in [-0.4, -0.2) is 39.0 Å². The number of rotatable bonds is 10. The summed E-state index contributed by atoms with van der Waals surface area (Å²) in [6, 6.07) is 5.91. The predicted octanol–water partition coefficient (Wildman–Crippen LogP) is 3.53. The second-order valence-electron chi connectivity index (χ2n) is 5.64. The SMILES string of the molecule is CCOC(=O)CCC=Cc1c(OC)cccc1[C@@H](C)OC[C@H]1CO1. The predicted molar refractivity (Wildman–Crippen MR) is 92.0 cm³/mol. The molecule has 0 unspecified atom stereocenters. The average molecular weight is 334 g/mol. The molecule has 0 radical (unpaired) electrons. The summed E-state index contributed by atoms with van der Waals surface area (Å²) in [4.78, 5) is 11.4. The first kappa shape index (κ1) is 18.5. The molecule has 1 saturated heterocycles. The lowest BCUT2D eigenvalue weighted by Crippen LogP contribution is -2.08. The van der Waals surface area contributed by atoms with Crippen molar-refractivity contribution in [3.05, 3.63) is 35.4 Å². The molecule has 5 nitrogen and oxygen atoms in total. The second-order valence-corrected chi connectivity index (χ2v) is 5.64. The Hall–Kier alpha value is -1.85. The van der Waals surface area contributed by atoms with Gasteiger partial charge in [0.2, 0.25) is 0 Å². The van der Waals surface area contributed by atoms with Crippen molar-refractivity contribution >= 4 is 12.0 Å². The number of carbonyl (C=O) groups is 1. The number of allylic oxidation sites excluding steroid dienone is 1. The highest BCUT2D eigenvalue weighted by Crippen LogP contribution is 2.30. The number of ether oxygens (including phenoxy) is 4. The van der Waals surface area contributed by atoms with Gasteiger partial charge >= 0.3 is 5.97 Å². The zero-order chi connectivity index (χ0) is 17.4. The van der Waals surface area contributed by atoms with Gasteiger partial charge in [0.1, 0.15) is 11.9 Å². The van der Waals surface area contributed by atoms with Gasteiger partial charge < -0.3 is 18.9 Å². The van der Waals surface area contributed by atoms with Crippen molar-refractivity contribution in [1.29, 1.82) is 0 Å². The smallest absolute Gasteiger partial charge is 0.306 e. The number of benzene rings is 1. The molecule has 0 saturated carbocycles. The van der Waals surface area contributed by atoms with Crippen LogP contribution in [0, 0.1) is 0 Å². The Bertz CT molecular complexity index is 563.